The predicted octanol–water partition coefficient (Wildman–Crippen LogP) is 2.12. The second kappa shape index (κ2) is 4.54. The maximum atomic E-state index is 11.5. The molecule has 1 aromatic rings. The van der Waals surface area contributed by atoms with Gasteiger partial charge in [0.1, 0.15) is 0 Å². The van der Waals surface area contributed by atoms with Crippen molar-refractivity contribution in [3.8, 4) is 0 Å². The number of pyridine rings is 1. The van der Waals surface area contributed by atoms with Crippen LogP contribution in [0.25, 0.3) is 0 Å². The van der Waals surface area contributed by atoms with Crippen LogP contribution in [0.2, 0.25) is 0 Å². The first-order valence-electron chi connectivity index (χ1n) is 6.73. The molecule has 2 rings (SSSR count). The number of hydrogen-bond donors (Lipinski definition) is 1. The molecule has 1 saturated carbocycles. The summed E-state index contributed by atoms with van der Waals surface area (Å²) < 4.78 is 1.75. The average molecular weight is 248 g/mol. The van der Waals surface area contributed by atoms with E-state index in [0.29, 0.717) is 10.8 Å². The van der Waals surface area contributed by atoms with Crippen LogP contribution < -0.4 is 10.9 Å². The Labute approximate surface area is 109 Å². The number of nitrogens with zero attached hydrogens (tertiary/aromatic N) is 1. The molecule has 0 atom stereocenters. The molecule has 3 heteroatoms. The Hall–Kier alpha value is -1.09. The molecular formula is C15H24N2O. The fourth-order valence-corrected chi connectivity index (χ4v) is 2.93. The van der Waals surface area contributed by atoms with Gasteiger partial charge in [-0.05, 0) is 29.4 Å². The van der Waals surface area contributed by atoms with Crippen molar-refractivity contribution in [3.05, 3.63) is 34.7 Å². The van der Waals surface area contributed by atoms with Crippen LogP contribution in [0.3, 0.4) is 0 Å². The van der Waals surface area contributed by atoms with Gasteiger partial charge in [0.05, 0.1) is 0 Å². The average Bonchev–Trinajstić information content (AvgIpc) is 2.68. The molecule has 1 heterocycles. The van der Waals surface area contributed by atoms with Gasteiger partial charge in [0, 0.05) is 25.4 Å². The van der Waals surface area contributed by atoms with Crippen molar-refractivity contribution in [3.63, 3.8) is 0 Å². The van der Waals surface area contributed by atoms with E-state index in [4.69, 9.17) is 0 Å². The third kappa shape index (κ3) is 2.24. The molecule has 18 heavy (non-hydrogen) atoms. The summed E-state index contributed by atoms with van der Waals surface area (Å²) in [6.07, 6.45) is 1.84. The van der Waals surface area contributed by atoms with Crippen molar-refractivity contribution in [2.75, 3.05) is 13.1 Å². The summed E-state index contributed by atoms with van der Waals surface area (Å²) in [5, 5.41) is 3.47. The Balaban J connectivity index is 1.75. The predicted molar refractivity (Wildman–Crippen MR) is 74.6 cm³/mol. The van der Waals surface area contributed by atoms with E-state index in [9.17, 15) is 4.79 Å². The van der Waals surface area contributed by atoms with Crippen molar-refractivity contribution in [1.82, 2.24) is 9.88 Å². The van der Waals surface area contributed by atoms with Gasteiger partial charge in [-0.15, -0.1) is 0 Å². The first-order valence-corrected chi connectivity index (χ1v) is 6.73. The fourth-order valence-electron chi connectivity index (χ4n) is 2.93. The van der Waals surface area contributed by atoms with Gasteiger partial charge in [0.2, 0.25) is 0 Å². The molecule has 0 aromatic carbocycles. The van der Waals surface area contributed by atoms with Gasteiger partial charge in [-0.25, -0.2) is 0 Å². The summed E-state index contributed by atoms with van der Waals surface area (Å²) in [6, 6.07) is 5.28. The first kappa shape index (κ1) is 13.3. The van der Waals surface area contributed by atoms with Crippen LogP contribution in [0.4, 0.5) is 0 Å². The van der Waals surface area contributed by atoms with E-state index < -0.39 is 0 Å². The van der Waals surface area contributed by atoms with Crippen LogP contribution in [0.15, 0.2) is 29.2 Å². The molecule has 1 aliphatic rings. The minimum atomic E-state index is 0.0754. The minimum Gasteiger partial charge on any atom is -0.315 e. The second-order valence-corrected chi connectivity index (χ2v) is 6.43. The standard InChI is InChI=1S/C15H24N2O/c1-14(2)12(15(14,3)4)11-16-8-10-17-9-6-5-7-13(17)18/h5-7,9,12,16H,8,10-11H2,1-4H3. The Kier molecular flexibility index (Phi) is 3.37. The zero-order chi connectivity index (χ0) is 13.4. The van der Waals surface area contributed by atoms with Crippen molar-refractivity contribution < 1.29 is 0 Å². The number of rotatable bonds is 5. The molecule has 0 amide bonds. The highest BCUT2D eigenvalue weighted by atomic mass is 16.1. The monoisotopic (exact) mass is 248 g/mol. The Morgan fingerprint density at radius 1 is 1.22 bits per heavy atom. The van der Waals surface area contributed by atoms with E-state index in [1.165, 1.54) is 0 Å². The zero-order valence-electron chi connectivity index (χ0n) is 11.9. The van der Waals surface area contributed by atoms with E-state index in [1.807, 2.05) is 12.3 Å². The molecule has 1 aliphatic carbocycles. The van der Waals surface area contributed by atoms with Crippen LogP contribution in [0.1, 0.15) is 27.7 Å². The van der Waals surface area contributed by atoms with Crippen molar-refractivity contribution >= 4 is 0 Å². The van der Waals surface area contributed by atoms with Gasteiger partial charge < -0.3 is 9.88 Å². The molecule has 1 fully saturated rings. The van der Waals surface area contributed by atoms with E-state index in [1.54, 1.807) is 16.7 Å². The highest BCUT2D eigenvalue weighted by Crippen LogP contribution is 2.67. The molecule has 0 radical (unpaired) electrons. The lowest BCUT2D eigenvalue weighted by atomic mass is 10.0. The van der Waals surface area contributed by atoms with Crippen LogP contribution in [-0.4, -0.2) is 17.7 Å². The van der Waals surface area contributed by atoms with Gasteiger partial charge in [0.15, 0.2) is 0 Å². The van der Waals surface area contributed by atoms with Gasteiger partial charge in [-0.3, -0.25) is 4.79 Å². The molecule has 0 bridgehead atoms. The zero-order valence-corrected chi connectivity index (χ0v) is 11.9. The Morgan fingerprint density at radius 2 is 1.89 bits per heavy atom. The van der Waals surface area contributed by atoms with Crippen LogP contribution >= 0.6 is 0 Å². The number of hydrogen-bond acceptors (Lipinski definition) is 2. The van der Waals surface area contributed by atoms with Gasteiger partial charge >= 0.3 is 0 Å². The number of nitrogens with one attached hydrogen (secondary N) is 1. The van der Waals surface area contributed by atoms with Gasteiger partial charge in [0.25, 0.3) is 5.56 Å². The largest absolute Gasteiger partial charge is 0.315 e. The maximum absolute atomic E-state index is 11.5. The fraction of sp³-hybridized carbons (Fsp3) is 0.667. The van der Waals surface area contributed by atoms with Crippen LogP contribution in [0, 0.1) is 16.7 Å². The van der Waals surface area contributed by atoms with E-state index in [0.717, 1.165) is 25.6 Å². The summed E-state index contributed by atoms with van der Waals surface area (Å²) in [6.45, 7) is 12.0. The van der Waals surface area contributed by atoms with Gasteiger partial charge in [-0.1, -0.05) is 33.8 Å². The summed E-state index contributed by atoms with van der Waals surface area (Å²) >= 11 is 0. The summed E-state index contributed by atoms with van der Waals surface area (Å²) in [4.78, 5) is 11.5. The molecule has 0 aliphatic heterocycles. The molecule has 0 spiro atoms. The highest BCUT2D eigenvalue weighted by Gasteiger charge is 2.63. The quantitative estimate of drug-likeness (QED) is 0.810. The molecule has 3 nitrogen and oxygen atoms in total. The van der Waals surface area contributed by atoms with Gasteiger partial charge in [-0.2, -0.15) is 0 Å². The van der Waals surface area contributed by atoms with E-state index in [-0.39, 0.29) is 5.56 Å². The second-order valence-electron chi connectivity index (χ2n) is 6.43. The van der Waals surface area contributed by atoms with Crippen molar-refractivity contribution in [2.24, 2.45) is 16.7 Å². The normalized spacial score (nSPS) is 20.9. The maximum Gasteiger partial charge on any atom is 0.250 e. The smallest absolute Gasteiger partial charge is 0.250 e. The van der Waals surface area contributed by atoms with Crippen molar-refractivity contribution in [2.45, 2.75) is 34.2 Å². The van der Waals surface area contributed by atoms with E-state index in [2.05, 4.69) is 33.0 Å². The van der Waals surface area contributed by atoms with E-state index >= 15 is 0 Å². The third-order valence-corrected chi connectivity index (χ3v) is 5.10. The van der Waals surface area contributed by atoms with Crippen LogP contribution in [-0.2, 0) is 6.54 Å². The topological polar surface area (TPSA) is 34.0 Å². The highest BCUT2D eigenvalue weighted by molar-refractivity contribution is 5.12. The minimum absolute atomic E-state index is 0.0754. The lowest BCUT2D eigenvalue weighted by Gasteiger charge is -2.07. The molecular weight excluding hydrogens is 224 g/mol. The third-order valence-electron chi connectivity index (χ3n) is 5.10. The Morgan fingerprint density at radius 3 is 2.44 bits per heavy atom. The Bertz CT molecular complexity index is 459. The van der Waals surface area contributed by atoms with Crippen LogP contribution in [0.5, 0.6) is 0 Å². The molecule has 0 unspecified atom stereocenters. The summed E-state index contributed by atoms with van der Waals surface area (Å²) in [5.74, 6) is 0.734. The summed E-state index contributed by atoms with van der Waals surface area (Å²) in [7, 11) is 0. The molecule has 1 N–H and O–H groups in total. The summed E-state index contributed by atoms with van der Waals surface area (Å²) in [5.41, 5.74) is 0.944. The SMILES string of the molecule is CC1(C)C(CNCCn2ccccc2=O)C1(C)C. The molecule has 0 saturated heterocycles. The van der Waals surface area contributed by atoms with Crippen molar-refractivity contribution in [1.29, 1.82) is 0 Å². The lowest BCUT2D eigenvalue weighted by molar-refractivity contribution is 0.457. The number of aromatic nitrogens is 1. The molecule has 1 aromatic heterocycles. The lowest BCUT2D eigenvalue weighted by Crippen LogP contribution is -2.28. The first-order chi connectivity index (χ1) is 8.37. The molecule has 100 valence electrons.